The van der Waals surface area contributed by atoms with Crippen LogP contribution >= 0.6 is 11.6 Å². The summed E-state index contributed by atoms with van der Waals surface area (Å²) in [6.45, 7) is 0.333. The van der Waals surface area contributed by atoms with Crippen LogP contribution in [-0.4, -0.2) is 11.8 Å². The molecule has 6 heteroatoms. The van der Waals surface area contributed by atoms with Crippen molar-refractivity contribution >= 4 is 29.1 Å². The van der Waals surface area contributed by atoms with Crippen molar-refractivity contribution < 1.29 is 14.0 Å². The van der Waals surface area contributed by atoms with Crippen LogP contribution in [0.25, 0.3) is 0 Å². The van der Waals surface area contributed by atoms with Gasteiger partial charge in [0, 0.05) is 11.6 Å². The molecule has 3 rings (SSSR count). The summed E-state index contributed by atoms with van der Waals surface area (Å²) in [6.07, 6.45) is 1.42. The summed E-state index contributed by atoms with van der Waals surface area (Å²) in [5.74, 6) is -0.537. The first-order valence-electron chi connectivity index (χ1n) is 7.60. The third-order valence-corrected chi connectivity index (χ3v) is 3.74. The number of nitrogens with one attached hydrogen (secondary N) is 2. The lowest BCUT2D eigenvalue weighted by molar-refractivity contribution is 0.0952. The molecule has 1 aromatic heterocycles. The second-order valence-electron chi connectivity index (χ2n) is 5.29. The van der Waals surface area contributed by atoms with Gasteiger partial charge in [-0.2, -0.15) is 0 Å². The highest BCUT2D eigenvalue weighted by molar-refractivity contribution is 6.30. The van der Waals surface area contributed by atoms with E-state index in [-0.39, 0.29) is 11.7 Å². The summed E-state index contributed by atoms with van der Waals surface area (Å²) in [6, 6.07) is 17.2. The summed E-state index contributed by atoms with van der Waals surface area (Å²) < 4.78 is 5.06. The zero-order valence-corrected chi connectivity index (χ0v) is 13.9. The van der Waals surface area contributed by atoms with Crippen molar-refractivity contribution in [3.05, 3.63) is 88.8 Å². The molecule has 25 heavy (non-hydrogen) atoms. The van der Waals surface area contributed by atoms with E-state index in [0.717, 1.165) is 5.56 Å². The molecule has 2 amide bonds. The highest BCUT2D eigenvalue weighted by atomic mass is 35.5. The molecule has 0 atom stereocenters. The van der Waals surface area contributed by atoms with Crippen LogP contribution in [0.4, 0.5) is 5.69 Å². The molecule has 0 saturated carbocycles. The number of hydrogen-bond donors (Lipinski definition) is 2. The van der Waals surface area contributed by atoms with Crippen molar-refractivity contribution in [1.29, 1.82) is 0 Å². The van der Waals surface area contributed by atoms with Gasteiger partial charge in [0.05, 0.1) is 17.5 Å². The molecule has 2 N–H and O–H groups in total. The Bertz CT molecular complexity index is 891. The molecule has 0 aliphatic heterocycles. The Morgan fingerprint density at radius 1 is 0.960 bits per heavy atom. The van der Waals surface area contributed by atoms with Crippen molar-refractivity contribution in [2.45, 2.75) is 6.54 Å². The molecule has 0 aliphatic carbocycles. The van der Waals surface area contributed by atoms with E-state index >= 15 is 0 Å². The van der Waals surface area contributed by atoms with Gasteiger partial charge in [-0.25, -0.2) is 0 Å². The molecular formula is C19H15ClN2O3. The SMILES string of the molecule is O=C(Nc1ccccc1C(=O)NCc1cccc(Cl)c1)c1ccco1. The van der Waals surface area contributed by atoms with Crippen LogP contribution in [0.5, 0.6) is 0 Å². The highest BCUT2D eigenvalue weighted by Gasteiger charge is 2.15. The average Bonchev–Trinajstić information content (AvgIpc) is 3.15. The van der Waals surface area contributed by atoms with Gasteiger partial charge >= 0.3 is 0 Å². The highest BCUT2D eigenvalue weighted by Crippen LogP contribution is 2.17. The first-order valence-corrected chi connectivity index (χ1v) is 7.98. The zero-order chi connectivity index (χ0) is 17.6. The molecule has 0 radical (unpaired) electrons. The fourth-order valence-electron chi connectivity index (χ4n) is 2.31. The Kier molecular flexibility index (Phi) is 5.16. The molecule has 1 heterocycles. The minimum atomic E-state index is -0.417. The molecule has 0 aliphatic rings. The Balaban J connectivity index is 1.71. The summed E-state index contributed by atoms with van der Waals surface area (Å²) >= 11 is 5.94. The van der Waals surface area contributed by atoms with Crippen molar-refractivity contribution in [2.24, 2.45) is 0 Å². The fourth-order valence-corrected chi connectivity index (χ4v) is 2.52. The summed E-state index contributed by atoms with van der Waals surface area (Å²) in [4.78, 5) is 24.6. The smallest absolute Gasteiger partial charge is 0.291 e. The predicted octanol–water partition coefficient (Wildman–Crippen LogP) is 4.12. The Labute approximate surface area is 149 Å². The third-order valence-electron chi connectivity index (χ3n) is 3.51. The second-order valence-corrected chi connectivity index (χ2v) is 5.73. The van der Waals surface area contributed by atoms with Crippen molar-refractivity contribution in [3.63, 3.8) is 0 Å². The normalized spacial score (nSPS) is 10.3. The lowest BCUT2D eigenvalue weighted by atomic mass is 10.1. The van der Waals surface area contributed by atoms with Crippen LogP contribution in [0.2, 0.25) is 5.02 Å². The van der Waals surface area contributed by atoms with E-state index in [9.17, 15) is 9.59 Å². The Hall–Kier alpha value is -3.05. The van der Waals surface area contributed by atoms with E-state index in [1.807, 2.05) is 12.1 Å². The van der Waals surface area contributed by atoms with Crippen LogP contribution in [0.15, 0.2) is 71.3 Å². The van der Waals surface area contributed by atoms with Gasteiger partial charge in [-0.3, -0.25) is 9.59 Å². The van der Waals surface area contributed by atoms with Crippen molar-refractivity contribution in [1.82, 2.24) is 5.32 Å². The number of anilines is 1. The summed E-state index contributed by atoms with van der Waals surface area (Å²) in [7, 11) is 0. The number of rotatable bonds is 5. The fraction of sp³-hybridized carbons (Fsp3) is 0.0526. The van der Waals surface area contributed by atoms with Gasteiger partial charge < -0.3 is 15.1 Å². The van der Waals surface area contributed by atoms with E-state index in [1.54, 1.807) is 48.5 Å². The monoisotopic (exact) mass is 354 g/mol. The van der Waals surface area contributed by atoms with Gasteiger partial charge in [-0.1, -0.05) is 35.9 Å². The maximum Gasteiger partial charge on any atom is 0.291 e. The maximum atomic E-state index is 12.5. The first kappa shape index (κ1) is 16.8. The van der Waals surface area contributed by atoms with Gasteiger partial charge in [0.15, 0.2) is 5.76 Å². The molecule has 0 unspecified atom stereocenters. The first-order chi connectivity index (χ1) is 12.1. The van der Waals surface area contributed by atoms with E-state index in [1.165, 1.54) is 6.26 Å². The molecule has 3 aromatic rings. The number of amides is 2. The molecule has 0 bridgehead atoms. The van der Waals surface area contributed by atoms with E-state index in [0.29, 0.717) is 22.8 Å². The van der Waals surface area contributed by atoms with Crippen LogP contribution in [0, 0.1) is 0 Å². The van der Waals surface area contributed by atoms with E-state index < -0.39 is 5.91 Å². The lowest BCUT2D eigenvalue weighted by Gasteiger charge is -2.11. The van der Waals surface area contributed by atoms with Crippen molar-refractivity contribution in [2.75, 3.05) is 5.32 Å². The molecular weight excluding hydrogens is 340 g/mol. The predicted molar refractivity (Wildman–Crippen MR) is 95.7 cm³/mol. The molecule has 2 aromatic carbocycles. The van der Waals surface area contributed by atoms with Gasteiger partial charge in [0.2, 0.25) is 0 Å². The minimum absolute atomic E-state index is 0.175. The number of hydrogen-bond acceptors (Lipinski definition) is 3. The number of halogens is 1. The van der Waals surface area contributed by atoms with E-state index in [2.05, 4.69) is 10.6 Å². The third kappa shape index (κ3) is 4.28. The second kappa shape index (κ2) is 7.68. The molecule has 0 spiro atoms. The maximum absolute atomic E-state index is 12.5. The summed E-state index contributed by atoms with van der Waals surface area (Å²) in [5, 5.41) is 6.11. The number of carbonyl (C=O) groups excluding carboxylic acids is 2. The standard InChI is InChI=1S/C19H15ClN2O3/c20-14-6-3-5-13(11-14)12-21-18(23)15-7-1-2-8-16(15)22-19(24)17-9-4-10-25-17/h1-11H,12H2,(H,21,23)(H,22,24). The van der Waals surface area contributed by atoms with Crippen LogP contribution in [0.1, 0.15) is 26.5 Å². The zero-order valence-electron chi connectivity index (χ0n) is 13.2. The number of furan rings is 1. The van der Waals surface area contributed by atoms with Crippen molar-refractivity contribution in [3.8, 4) is 0 Å². The van der Waals surface area contributed by atoms with Crippen LogP contribution in [-0.2, 0) is 6.54 Å². The molecule has 0 fully saturated rings. The van der Waals surface area contributed by atoms with Crippen LogP contribution in [0.3, 0.4) is 0 Å². The van der Waals surface area contributed by atoms with Gasteiger partial charge in [0.1, 0.15) is 0 Å². The van der Waals surface area contributed by atoms with Gasteiger partial charge in [-0.05, 0) is 42.0 Å². The van der Waals surface area contributed by atoms with Gasteiger partial charge in [-0.15, -0.1) is 0 Å². The lowest BCUT2D eigenvalue weighted by Crippen LogP contribution is -2.24. The Morgan fingerprint density at radius 3 is 2.56 bits per heavy atom. The molecule has 5 nitrogen and oxygen atoms in total. The number of benzene rings is 2. The van der Waals surface area contributed by atoms with Gasteiger partial charge in [0.25, 0.3) is 11.8 Å². The largest absolute Gasteiger partial charge is 0.459 e. The average molecular weight is 355 g/mol. The van der Waals surface area contributed by atoms with Crippen LogP contribution < -0.4 is 10.6 Å². The minimum Gasteiger partial charge on any atom is -0.459 e. The quantitative estimate of drug-likeness (QED) is 0.724. The molecule has 126 valence electrons. The van der Waals surface area contributed by atoms with E-state index in [4.69, 9.17) is 16.0 Å². The Morgan fingerprint density at radius 2 is 1.80 bits per heavy atom. The molecule has 0 saturated heterocycles. The topological polar surface area (TPSA) is 71.3 Å². The number of carbonyl (C=O) groups is 2. The summed E-state index contributed by atoms with van der Waals surface area (Å²) in [5.41, 5.74) is 1.66. The number of para-hydroxylation sites is 1.